The standard InChI is InChI=1S/C16H14O4S/c1-19-15(17)11-3-7-13(8-4-11)21-14-9-5-12(6-10-14)16(18)20-2/h3-10H,1-2H3. The first-order valence-corrected chi connectivity index (χ1v) is 7.00. The van der Waals surface area contributed by atoms with Gasteiger partial charge in [-0.2, -0.15) is 0 Å². The Morgan fingerprint density at radius 1 is 0.714 bits per heavy atom. The van der Waals surface area contributed by atoms with E-state index in [-0.39, 0.29) is 11.9 Å². The van der Waals surface area contributed by atoms with E-state index >= 15 is 0 Å². The van der Waals surface area contributed by atoms with Crippen molar-refractivity contribution in [2.24, 2.45) is 0 Å². The molecule has 0 fully saturated rings. The van der Waals surface area contributed by atoms with Crippen molar-refractivity contribution in [3.05, 3.63) is 59.7 Å². The zero-order valence-corrected chi connectivity index (χ0v) is 12.5. The van der Waals surface area contributed by atoms with Crippen molar-refractivity contribution in [2.45, 2.75) is 9.79 Å². The minimum atomic E-state index is -0.353. The number of carbonyl (C=O) groups is 2. The van der Waals surface area contributed by atoms with Gasteiger partial charge in [-0.3, -0.25) is 0 Å². The molecule has 0 aromatic heterocycles. The Bertz CT molecular complexity index is 575. The van der Waals surface area contributed by atoms with Gasteiger partial charge >= 0.3 is 11.9 Å². The van der Waals surface area contributed by atoms with Gasteiger partial charge in [0.25, 0.3) is 0 Å². The van der Waals surface area contributed by atoms with Crippen LogP contribution in [0.2, 0.25) is 0 Å². The highest BCUT2D eigenvalue weighted by Gasteiger charge is 2.07. The maximum atomic E-state index is 11.3. The molecule has 0 spiro atoms. The van der Waals surface area contributed by atoms with Crippen molar-refractivity contribution in [3.8, 4) is 0 Å². The summed E-state index contributed by atoms with van der Waals surface area (Å²) < 4.78 is 9.30. The molecule has 4 nitrogen and oxygen atoms in total. The minimum Gasteiger partial charge on any atom is -0.465 e. The average Bonchev–Trinajstić information content (AvgIpc) is 2.55. The summed E-state index contributed by atoms with van der Waals surface area (Å²) in [6.07, 6.45) is 0. The van der Waals surface area contributed by atoms with Gasteiger partial charge in [-0.05, 0) is 48.5 Å². The molecule has 0 unspecified atom stereocenters. The molecule has 0 atom stereocenters. The summed E-state index contributed by atoms with van der Waals surface area (Å²) in [6.45, 7) is 0. The number of carbonyl (C=O) groups excluding carboxylic acids is 2. The van der Waals surface area contributed by atoms with Crippen LogP contribution < -0.4 is 0 Å². The van der Waals surface area contributed by atoms with Gasteiger partial charge in [-0.15, -0.1) is 0 Å². The number of hydrogen-bond acceptors (Lipinski definition) is 5. The molecule has 2 aromatic rings. The Kier molecular flexibility index (Phi) is 5.00. The molecular weight excluding hydrogens is 288 g/mol. The van der Waals surface area contributed by atoms with Crippen LogP contribution in [0.3, 0.4) is 0 Å². The van der Waals surface area contributed by atoms with Crippen LogP contribution >= 0.6 is 11.8 Å². The molecule has 2 rings (SSSR count). The van der Waals surface area contributed by atoms with E-state index in [1.165, 1.54) is 26.0 Å². The van der Waals surface area contributed by atoms with E-state index in [0.717, 1.165) is 9.79 Å². The Morgan fingerprint density at radius 2 is 1.05 bits per heavy atom. The zero-order valence-electron chi connectivity index (χ0n) is 11.7. The molecule has 2 aromatic carbocycles. The van der Waals surface area contributed by atoms with Gasteiger partial charge in [0.15, 0.2) is 0 Å². The Labute approximate surface area is 127 Å². The van der Waals surface area contributed by atoms with Gasteiger partial charge in [-0.25, -0.2) is 9.59 Å². The Balaban J connectivity index is 2.08. The fraction of sp³-hybridized carbons (Fsp3) is 0.125. The van der Waals surface area contributed by atoms with Crippen molar-refractivity contribution in [2.75, 3.05) is 14.2 Å². The SMILES string of the molecule is COC(=O)c1ccc(Sc2ccc(C(=O)OC)cc2)cc1. The molecule has 5 heteroatoms. The summed E-state index contributed by atoms with van der Waals surface area (Å²) in [4.78, 5) is 24.7. The lowest BCUT2D eigenvalue weighted by atomic mass is 10.2. The van der Waals surface area contributed by atoms with Crippen LogP contribution in [0.4, 0.5) is 0 Å². The molecule has 0 bridgehead atoms. The fourth-order valence-electron chi connectivity index (χ4n) is 1.69. The topological polar surface area (TPSA) is 52.6 Å². The lowest BCUT2D eigenvalue weighted by Crippen LogP contribution is -2.00. The molecular formula is C16H14O4S. The van der Waals surface area contributed by atoms with Crippen LogP contribution in [-0.2, 0) is 9.47 Å². The van der Waals surface area contributed by atoms with Crippen LogP contribution in [0.25, 0.3) is 0 Å². The Hall–Kier alpha value is -2.27. The lowest BCUT2D eigenvalue weighted by molar-refractivity contribution is 0.0592. The third-order valence-corrected chi connectivity index (χ3v) is 3.80. The first-order chi connectivity index (χ1) is 10.1. The maximum absolute atomic E-state index is 11.3. The van der Waals surface area contributed by atoms with Crippen LogP contribution in [0, 0.1) is 0 Å². The second-order valence-corrected chi connectivity index (χ2v) is 5.28. The number of ether oxygens (including phenoxy) is 2. The van der Waals surface area contributed by atoms with E-state index in [0.29, 0.717) is 11.1 Å². The summed E-state index contributed by atoms with van der Waals surface area (Å²) in [6, 6.07) is 14.3. The van der Waals surface area contributed by atoms with Crippen LogP contribution in [0.15, 0.2) is 58.3 Å². The Morgan fingerprint density at radius 3 is 1.33 bits per heavy atom. The molecule has 0 aliphatic heterocycles. The molecule has 0 saturated carbocycles. The van der Waals surface area contributed by atoms with E-state index in [2.05, 4.69) is 9.47 Å². The van der Waals surface area contributed by atoms with Crippen molar-refractivity contribution in [3.63, 3.8) is 0 Å². The first kappa shape index (κ1) is 15.1. The third-order valence-electron chi connectivity index (χ3n) is 2.79. The quantitative estimate of drug-likeness (QED) is 0.810. The van der Waals surface area contributed by atoms with Crippen LogP contribution in [0.5, 0.6) is 0 Å². The van der Waals surface area contributed by atoms with Crippen molar-refractivity contribution in [1.82, 2.24) is 0 Å². The van der Waals surface area contributed by atoms with Crippen molar-refractivity contribution >= 4 is 23.7 Å². The largest absolute Gasteiger partial charge is 0.465 e. The molecule has 0 amide bonds. The van der Waals surface area contributed by atoms with Gasteiger partial charge in [0.1, 0.15) is 0 Å². The normalized spacial score (nSPS) is 10.0. The lowest BCUT2D eigenvalue weighted by Gasteiger charge is -2.04. The second-order valence-electron chi connectivity index (χ2n) is 4.13. The summed E-state index contributed by atoms with van der Waals surface area (Å²) in [5.74, 6) is -0.706. The molecule has 0 aliphatic carbocycles. The number of benzene rings is 2. The number of rotatable bonds is 4. The van der Waals surface area contributed by atoms with Gasteiger partial charge in [0, 0.05) is 9.79 Å². The fourth-order valence-corrected chi connectivity index (χ4v) is 2.51. The van der Waals surface area contributed by atoms with E-state index in [9.17, 15) is 9.59 Å². The summed E-state index contributed by atoms with van der Waals surface area (Å²) in [7, 11) is 2.71. The number of hydrogen-bond donors (Lipinski definition) is 0. The van der Waals surface area contributed by atoms with E-state index in [4.69, 9.17) is 0 Å². The summed E-state index contributed by atoms with van der Waals surface area (Å²) in [5.41, 5.74) is 1.03. The summed E-state index contributed by atoms with van der Waals surface area (Å²) >= 11 is 1.54. The van der Waals surface area contributed by atoms with E-state index in [1.807, 2.05) is 24.3 Å². The molecule has 0 radical (unpaired) electrons. The molecule has 0 saturated heterocycles. The molecule has 0 heterocycles. The van der Waals surface area contributed by atoms with E-state index in [1.54, 1.807) is 24.3 Å². The van der Waals surface area contributed by atoms with Crippen molar-refractivity contribution in [1.29, 1.82) is 0 Å². The van der Waals surface area contributed by atoms with Crippen LogP contribution in [0.1, 0.15) is 20.7 Å². The van der Waals surface area contributed by atoms with Crippen molar-refractivity contribution < 1.29 is 19.1 Å². The van der Waals surface area contributed by atoms with E-state index < -0.39 is 0 Å². The highest BCUT2D eigenvalue weighted by atomic mass is 32.2. The zero-order chi connectivity index (χ0) is 15.2. The second kappa shape index (κ2) is 6.95. The first-order valence-electron chi connectivity index (χ1n) is 6.18. The highest BCUT2D eigenvalue weighted by Crippen LogP contribution is 2.28. The van der Waals surface area contributed by atoms with Gasteiger partial charge in [-0.1, -0.05) is 11.8 Å². The highest BCUT2D eigenvalue weighted by molar-refractivity contribution is 7.99. The monoisotopic (exact) mass is 302 g/mol. The van der Waals surface area contributed by atoms with Gasteiger partial charge in [0.2, 0.25) is 0 Å². The predicted molar refractivity (Wildman–Crippen MR) is 79.7 cm³/mol. The number of methoxy groups -OCH3 is 2. The molecule has 0 N–H and O–H groups in total. The minimum absolute atomic E-state index is 0.353. The van der Waals surface area contributed by atoms with Crippen LogP contribution in [-0.4, -0.2) is 26.2 Å². The molecule has 0 aliphatic rings. The van der Waals surface area contributed by atoms with Gasteiger partial charge in [0.05, 0.1) is 25.3 Å². The number of esters is 2. The average molecular weight is 302 g/mol. The predicted octanol–water partition coefficient (Wildman–Crippen LogP) is 3.41. The smallest absolute Gasteiger partial charge is 0.337 e. The third kappa shape index (κ3) is 3.86. The summed E-state index contributed by atoms with van der Waals surface area (Å²) in [5, 5.41) is 0. The molecule has 108 valence electrons. The van der Waals surface area contributed by atoms with Gasteiger partial charge < -0.3 is 9.47 Å². The molecule has 21 heavy (non-hydrogen) atoms. The maximum Gasteiger partial charge on any atom is 0.337 e.